The fraction of sp³-hybridized carbons (Fsp3) is 0.795. The maximum Gasteiger partial charge on any atom is 0.311 e. The number of ether oxygens (including phenoxy) is 1. The lowest BCUT2D eigenvalue weighted by Crippen LogP contribution is -2.66. The van der Waals surface area contributed by atoms with E-state index in [0.29, 0.717) is 18.3 Å². The van der Waals surface area contributed by atoms with Gasteiger partial charge in [0.05, 0.1) is 18.2 Å². The average molecular weight is 632 g/mol. The van der Waals surface area contributed by atoms with Crippen molar-refractivity contribution < 1.29 is 19.1 Å². The van der Waals surface area contributed by atoms with Crippen molar-refractivity contribution in [2.75, 3.05) is 20.2 Å². The Kier molecular flexibility index (Phi) is 7.27. The van der Waals surface area contributed by atoms with Crippen molar-refractivity contribution in [3.05, 3.63) is 29.1 Å². The molecule has 8 atom stereocenters. The minimum absolute atomic E-state index is 0.0977. The zero-order chi connectivity index (χ0) is 33.1. The van der Waals surface area contributed by atoms with Crippen LogP contribution >= 0.6 is 0 Å². The van der Waals surface area contributed by atoms with Crippen LogP contribution in [0, 0.1) is 50.7 Å². The summed E-state index contributed by atoms with van der Waals surface area (Å²) >= 11 is 0. The minimum atomic E-state index is -0.516. The number of allylic oxidation sites excluding steroid dienone is 2. The van der Waals surface area contributed by atoms with Gasteiger partial charge in [0.2, 0.25) is 5.91 Å². The molecule has 5 aliphatic carbocycles. The molecule has 2 unspecified atom stereocenters. The number of ketones is 1. The molecule has 252 valence electrons. The second-order valence-corrected chi connectivity index (χ2v) is 18.4. The van der Waals surface area contributed by atoms with E-state index in [1.54, 1.807) is 4.68 Å². The van der Waals surface area contributed by atoms with Gasteiger partial charge in [0, 0.05) is 24.0 Å². The maximum atomic E-state index is 14.8. The topological polar surface area (TPSA) is 90.3 Å². The SMILES string of the molecule is COC(=O)[C@]1(C)CC[C@]2(C)CC[C@]3(C)C(=CC(=O)C4[C@@]5(C)Cc6cn(C(=O)CC7CCNCC7)nc6C(C)(C)C5CC[C@]43C)[C@@H]2C1. The summed E-state index contributed by atoms with van der Waals surface area (Å²) in [4.78, 5) is 41.4. The molecule has 0 bridgehead atoms. The van der Waals surface area contributed by atoms with Crippen molar-refractivity contribution in [1.29, 1.82) is 0 Å². The van der Waals surface area contributed by atoms with Crippen LogP contribution in [0.2, 0.25) is 0 Å². The second kappa shape index (κ2) is 10.4. The average Bonchev–Trinajstić information content (AvgIpc) is 3.44. The molecule has 1 saturated heterocycles. The molecule has 7 heteroatoms. The quantitative estimate of drug-likeness (QED) is 0.359. The molecule has 0 spiro atoms. The highest BCUT2D eigenvalue weighted by atomic mass is 16.5. The fourth-order valence-corrected chi connectivity index (χ4v) is 12.6. The van der Waals surface area contributed by atoms with Crippen LogP contribution in [-0.2, 0) is 26.2 Å². The van der Waals surface area contributed by atoms with Gasteiger partial charge in [-0.25, -0.2) is 4.68 Å². The molecule has 1 aromatic heterocycles. The summed E-state index contributed by atoms with van der Waals surface area (Å²) in [5.41, 5.74) is 2.31. The van der Waals surface area contributed by atoms with E-state index in [0.717, 1.165) is 88.6 Å². The van der Waals surface area contributed by atoms with E-state index in [1.807, 2.05) is 6.20 Å². The van der Waals surface area contributed by atoms with Crippen molar-refractivity contribution in [2.45, 2.75) is 125 Å². The first-order chi connectivity index (χ1) is 21.5. The number of hydrogen-bond acceptors (Lipinski definition) is 6. The predicted octanol–water partition coefficient (Wildman–Crippen LogP) is 7.08. The molecule has 6 aliphatic rings. The summed E-state index contributed by atoms with van der Waals surface area (Å²) in [6, 6.07) is 0. The first kappa shape index (κ1) is 32.3. The first-order valence-corrected chi connectivity index (χ1v) is 18.2. The molecule has 0 radical (unpaired) electrons. The largest absolute Gasteiger partial charge is 0.469 e. The molecule has 4 fully saturated rings. The van der Waals surface area contributed by atoms with Gasteiger partial charge < -0.3 is 10.1 Å². The highest BCUT2D eigenvalue weighted by Crippen LogP contribution is 2.74. The highest BCUT2D eigenvalue weighted by molar-refractivity contribution is 5.96. The highest BCUT2D eigenvalue weighted by Gasteiger charge is 2.70. The van der Waals surface area contributed by atoms with Crippen molar-refractivity contribution >= 4 is 17.7 Å². The summed E-state index contributed by atoms with van der Waals surface area (Å²) < 4.78 is 6.97. The fourth-order valence-electron chi connectivity index (χ4n) is 12.6. The Morgan fingerprint density at radius 3 is 2.37 bits per heavy atom. The third-order valence-electron chi connectivity index (χ3n) is 15.5. The number of nitrogens with one attached hydrogen (secondary N) is 1. The third kappa shape index (κ3) is 4.31. The summed E-state index contributed by atoms with van der Waals surface area (Å²) in [6.07, 6.45) is 14.4. The van der Waals surface area contributed by atoms with E-state index in [2.05, 4.69) is 59.9 Å². The number of esters is 1. The molecule has 1 aromatic rings. The number of fused-ring (bicyclic) bond motifs is 8. The number of nitrogens with zero attached hydrogens (tertiary/aromatic N) is 2. The molecule has 7 rings (SSSR count). The lowest BCUT2D eigenvalue weighted by molar-refractivity contribution is -0.174. The van der Waals surface area contributed by atoms with Gasteiger partial charge in [-0.2, -0.15) is 5.10 Å². The van der Waals surface area contributed by atoms with Gasteiger partial charge in [-0.15, -0.1) is 0 Å². The van der Waals surface area contributed by atoms with Crippen LogP contribution in [-0.4, -0.2) is 47.6 Å². The molecule has 7 nitrogen and oxygen atoms in total. The van der Waals surface area contributed by atoms with Crippen molar-refractivity contribution in [2.24, 2.45) is 50.7 Å². The molecular formula is C39H57N3O4. The number of carbonyl (C=O) groups is 3. The van der Waals surface area contributed by atoms with Crippen LogP contribution < -0.4 is 5.32 Å². The molecule has 0 amide bonds. The van der Waals surface area contributed by atoms with E-state index in [9.17, 15) is 14.4 Å². The molecule has 0 aromatic carbocycles. The number of piperidine rings is 1. The van der Waals surface area contributed by atoms with E-state index >= 15 is 0 Å². The van der Waals surface area contributed by atoms with Gasteiger partial charge in [-0.1, -0.05) is 47.1 Å². The normalized spacial score (nSPS) is 43.3. The molecule has 3 saturated carbocycles. The van der Waals surface area contributed by atoms with Crippen molar-refractivity contribution in [3.8, 4) is 0 Å². The number of aromatic nitrogens is 2. The Morgan fingerprint density at radius 1 is 0.978 bits per heavy atom. The standard InChI is InChI=1S/C39H57N3O4/c1-34(2)29-9-12-39(7)31(37(29,5)21-25-23-42(41-32(25)34)30(44)19-24-10-17-40-18-11-24)28(43)20-26-27-22-36(4,33(45)46-8)14-13-35(27,3)15-16-38(26,39)6/h20,23-24,27,29,31,40H,9-19,21-22H2,1-8H3/t27-,29?,31?,35+,36+,37-,38+,39+/m0/s1. The Balaban J connectivity index is 1.26. The van der Waals surface area contributed by atoms with Crippen molar-refractivity contribution in [3.63, 3.8) is 0 Å². The zero-order valence-electron chi connectivity index (χ0n) is 29.7. The van der Waals surface area contributed by atoms with Crippen LogP contribution in [0.5, 0.6) is 0 Å². The van der Waals surface area contributed by atoms with Gasteiger partial charge in [0.15, 0.2) is 5.78 Å². The van der Waals surface area contributed by atoms with Crippen LogP contribution in [0.3, 0.4) is 0 Å². The Hall–Kier alpha value is -2.28. The lowest BCUT2D eigenvalue weighted by atomic mass is 9.33. The van der Waals surface area contributed by atoms with E-state index < -0.39 is 5.41 Å². The molecular weight excluding hydrogens is 574 g/mol. The lowest BCUT2D eigenvalue weighted by Gasteiger charge is -2.69. The van der Waals surface area contributed by atoms with Crippen LogP contribution in [0.15, 0.2) is 17.8 Å². The minimum Gasteiger partial charge on any atom is -0.469 e. The number of rotatable bonds is 3. The Morgan fingerprint density at radius 2 is 1.67 bits per heavy atom. The molecule has 1 N–H and O–H groups in total. The van der Waals surface area contributed by atoms with Gasteiger partial charge in [0.25, 0.3) is 0 Å². The van der Waals surface area contributed by atoms with Gasteiger partial charge in [-0.3, -0.25) is 14.4 Å². The first-order valence-electron chi connectivity index (χ1n) is 18.2. The Bertz CT molecular complexity index is 1500. The monoisotopic (exact) mass is 631 g/mol. The third-order valence-corrected chi connectivity index (χ3v) is 15.5. The van der Waals surface area contributed by atoms with E-state index in [1.165, 1.54) is 12.7 Å². The van der Waals surface area contributed by atoms with Crippen LogP contribution in [0.1, 0.15) is 129 Å². The van der Waals surface area contributed by atoms with Crippen molar-refractivity contribution in [1.82, 2.24) is 15.1 Å². The van der Waals surface area contributed by atoms with E-state index in [4.69, 9.17) is 9.84 Å². The molecule has 2 heterocycles. The second-order valence-electron chi connectivity index (χ2n) is 18.4. The summed E-state index contributed by atoms with van der Waals surface area (Å²) in [6.45, 7) is 18.3. The van der Waals surface area contributed by atoms with Gasteiger partial charge >= 0.3 is 5.97 Å². The number of methoxy groups -OCH3 is 1. The summed E-state index contributed by atoms with van der Waals surface area (Å²) in [7, 11) is 1.51. The van der Waals surface area contributed by atoms with Crippen LogP contribution in [0.25, 0.3) is 0 Å². The molecule has 46 heavy (non-hydrogen) atoms. The maximum absolute atomic E-state index is 14.8. The van der Waals surface area contributed by atoms with E-state index in [-0.39, 0.29) is 56.6 Å². The zero-order valence-corrected chi connectivity index (χ0v) is 29.7. The smallest absolute Gasteiger partial charge is 0.311 e. The Labute approximate surface area is 276 Å². The number of carbonyl (C=O) groups excluding carboxylic acids is 3. The van der Waals surface area contributed by atoms with Crippen LogP contribution in [0.4, 0.5) is 0 Å². The predicted molar refractivity (Wildman–Crippen MR) is 178 cm³/mol. The van der Waals surface area contributed by atoms with Gasteiger partial charge in [0.1, 0.15) is 0 Å². The van der Waals surface area contributed by atoms with Gasteiger partial charge in [-0.05, 0) is 135 Å². The summed E-state index contributed by atoms with van der Waals surface area (Å²) in [5, 5.41) is 8.42. The summed E-state index contributed by atoms with van der Waals surface area (Å²) in [5.74, 6) is 1.07. The number of hydrogen-bond donors (Lipinski definition) is 1. The molecule has 1 aliphatic heterocycles.